The molecule has 1 fully saturated rings. The van der Waals surface area contributed by atoms with Crippen LogP contribution in [0.5, 0.6) is 0 Å². The van der Waals surface area contributed by atoms with E-state index in [1.807, 2.05) is 0 Å². The topological polar surface area (TPSA) is 26.3 Å². The van der Waals surface area contributed by atoms with Crippen molar-refractivity contribution in [2.45, 2.75) is 50.9 Å². The first kappa shape index (κ1) is 9.96. The molecule has 3 heteroatoms. The molecular formula is C11H18O2Si. The van der Waals surface area contributed by atoms with Gasteiger partial charge in [0.2, 0.25) is 0 Å². The summed E-state index contributed by atoms with van der Waals surface area (Å²) in [7, 11) is -1.49. The molecule has 0 aromatic carbocycles. The fourth-order valence-electron chi connectivity index (χ4n) is 2.33. The Hall–Kier alpha value is -0.573. The first-order valence-electron chi connectivity index (χ1n) is 5.40. The van der Waals surface area contributed by atoms with Crippen LogP contribution in [0.15, 0.2) is 11.3 Å². The van der Waals surface area contributed by atoms with Gasteiger partial charge in [-0.05, 0) is 31.8 Å². The lowest BCUT2D eigenvalue weighted by molar-refractivity contribution is -0.145. The molecule has 2 rings (SSSR count). The minimum absolute atomic E-state index is 0.0360. The molecule has 1 heterocycles. The van der Waals surface area contributed by atoms with Crippen molar-refractivity contribution in [3.8, 4) is 0 Å². The molecule has 1 aliphatic heterocycles. The van der Waals surface area contributed by atoms with Crippen LogP contribution in [0.25, 0.3) is 0 Å². The highest BCUT2D eigenvalue weighted by molar-refractivity contribution is 6.87. The van der Waals surface area contributed by atoms with Gasteiger partial charge in [0.25, 0.3) is 0 Å². The zero-order chi connectivity index (χ0) is 10.4. The summed E-state index contributed by atoms with van der Waals surface area (Å²) in [6.45, 7) is 6.61. The summed E-state index contributed by atoms with van der Waals surface area (Å²) in [6, 6.07) is 0. The smallest absolute Gasteiger partial charge is 0.330 e. The molecule has 0 saturated heterocycles. The Bertz CT molecular complexity index is 293. The number of esters is 1. The molecule has 0 bridgehead atoms. The Labute approximate surface area is 86.3 Å². The van der Waals surface area contributed by atoms with E-state index in [1.54, 1.807) is 0 Å². The molecule has 0 unspecified atom stereocenters. The summed E-state index contributed by atoms with van der Waals surface area (Å²) in [6.07, 6.45) is 6.61. The Morgan fingerprint density at radius 3 is 2.29 bits per heavy atom. The highest BCUT2D eigenvalue weighted by atomic mass is 28.3. The van der Waals surface area contributed by atoms with Gasteiger partial charge in [0.1, 0.15) is 5.60 Å². The standard InChI is InChI=1S/C11H18O2Si/c1-14(2,3)9-8-11(13-10(9)12)6-4-5-7-11/h8H,4-7H2,1-3H3. The minimum atomic E-state index is -1.49. The molecule has 0 aromatic rings. The van der Waals surface area contributed by atoms with E-state index < -0.39 is 8.07 Å². The molecule has 0 atom stereocenters. The highest BCUT2D eigenvalue weighted by Crippen LogP contribution is 2.41. The molecule has 1 spiro atoms. The van der Waals surface area contributed by atoms with Gasteiger partial charge in [-0.25, -0.2) is 4.79 Å². The molecule has 78 valence electrons. The van der Waals surface area contributed by atoms with Gasteiger partial charge in [0.15, 0.2) is 0 Å². The van der Waals surface area contributed by atoms with Crippen LogP contribution in [-0.2, 0) is 9.53 Å². The van der Waals surface area contributed by atoms with Crippen LogP contribution in [0.1, 0.15) is 25.7 Å². The molecule has 14 heavy (non-hydrogen) atoms. The quantitative estimate of drug-likeness (QED) is 0.491. The predicted molar refractivity (Wildman–Crippen MR) is 58.7 cm³/mol. The van der Waals surface area contributed by atoms with E-state index in [-0.39, 0.29) is 11.6 Å². The van der Waals surface area contributed by atoms with Crippen LogP contribution >= 0.6 is 0 Å². The fraction of sp³-hybridized carbons (Fsp3) is 0.727. The summed E-state index contributed by atoms with van der Waals surface area (Å²) < 4.78 is 5.55. The third-order valence-electron chi connectivity index (χ3n) is 3.18. The van der Waals surface area contributed by atoms with E-state index in [4.69, 9.17) is 4.74 Å². The Morgan fingerprint density at radius 1 is 1.29 bits per heavy atom. The van der Waals surface area contributed by atoms with Gasteiger partial charge < -0.3 is 4.74 Å². The normalized spacial score (nSPS) is 25.4. The predicted octanol–water partition coefficient (Wildman–Crippen LogP) is 2.66. The van der Waals surface area contributed by atoms with E-state index in [9.17, 15) is 4.79 Å². The van der Waals surface area contributed by atoms with Gasteiger partial charge in [-0.15, -0.1) is 0 Å². The maximum absolute atomic E-state index is 11.7. The van der Waals surface area contributed by atoms with Gasteiger partial charge in [-0.1, -0.05) is 19.6 Å². The molecular weight excluding hydrogens is 192 g/mol. The number of carbonyl (C=O) groups is 1. The first-order valence-corrected chi connectivity index (χ1v) is 8.90. The fourth-order valence-corrected chi connectivity index (χ4v) is 3.69. The second kappa shape index (κ2) is 2.96. The van der Waals surface area contributed by atoms with Crippen molar-refractivity contribution in [2.24, 2.45) is 0 Å². The van der Waals surface area contributed by atoms with Crippen molar-refractivity contribution in [3.05, 3.63) is 11.3 Å². The Morgan fingerprint density at radius 2 is 1.86 bits per heavy atom. The maximum Gasteiger partial charge on any atom is 0.330 e. The minimum Gasteiger partial charge on any atom is -0.452 e. The number of carbonyl (C=O) groups excluding carboxylic acids is 1. The largest absolute Gasteiger partial charge is 0.452 e. The van der Waals surface area contributed by atoms with Crippen LogP contribution in [-0.4, -0.2) is 19.6 Å². The summed E-state index contributed by atoms with van der Waals surface area (Å²) in [5.74, 6) is -0.0360. The van der Waals surface area contributed by atoms with Gasteiger partial charge in [-0.2, -0.15) is 0 Å². The van der Waals surface area contributed by atoms with Crippen molar-refractivity contribution in [3.63, 3.8) is 0 Å². The lowest BCUT2D eigenvalue weighted by atomic mass is 10.0. The van der Waals surface area contributed by atoms with E-state index in [0.717, 1.165) is 18.0 Å². The van der Waals surface area contributed by atoms with Crippen LogP contribution in [0, 0.1) is 0 Å². The number of hydrogen-bond acceptors (Lipinski definition) is 2. The van der Waals surface area contributed by atoms with E-state index in [0.29, 0.717) is 0 Å². The molecule has 1 aliphatic carbocycles. The van der Waals surface area contributed by atoms with E-state index >= 15 is 0 Å². The van der Waals surface area contributed by atoms with Crippen molar-refractivity contribution in [2.75, 3.05) is 0 Å². The molecule has 2 aliphatic rings. The van der Waals surface area contributed by atoms with Gasteiger partial charge in [0, 0.05) is 5.20 Å². The second-order valence-electron chi connectivity index (χ2n) is 5.47. The SMILES string of the molecule is C[Si](C)(C)C1=CC2(CCCC2)OC1=O. The highest BCUT2D eigenvalue weighted by Gasteiger charge is 2.45. The Kier molecular flexibility index (Phi) is 2.10. The molecule has 0 N–H and O–H groups in total. The molecule has 0 aromatic heterocycles. The summed E-state index contributed by atoms with van der Waals surface area (Å²) in [4.78, 5) is 11.7. The van der Waals surface area contributed by atoms with Crippen LogP contribution < -0.4 is 0 Å². The third-order valence-corrected chi connectivity index (χ3v) is 5.15. The van der Waals surface area contributed by atoms with E-state index in [1.165, 1.54) is 12.8 Å². The molecule has 1 saturated carbocycles. The Balaban J connectivity index is 2.30. The third kappa shape index (κ3) is 1.54. The van der Waals surface area contributed by atoms with Crippen molar-refractivity contribution < 1.29 is 9.53 Å². The van der Waals surface area contributed by atoms with Crippen molar-refractivity contribution >= 4 is 14.0 Å². The van der Waals surface area contributed by atoms with Crippen LogP contribution in [0.4, 0.5) is 0 Å². The molecule has 0 radical (unpaired) electrons. The number of hydrogen-bond donors (Lipinski definition) is 0. The average Bonchev–Trinajstić information content (AvgIpc) is 2.59. The maximum atomic E-state index is 11.7. The number of rotatable bonds is 1. The number of ether oxygens (including phenoxy) is 1. The molecule has 0 amide bonds. The van der Waals surface area contributed by atoms with Crippen LogP contribution in [0.3, 0.4) is 0 Å². The summed E-state index contributed by atoms with van der Waals surface area (Å²) >= 11 is 0. The summed E-state index contributed by atoms with van der Waals surface area (Å²) in [5.41, 5.74) is -0.188. The average molecular weight is 210 g/mol. The summed E-state index contributed by atoms with van der Waals surface area (Å²) in [5, 5.41) is 0.999. The lowest BCUT2D eigenvalue weighted by Gasteiger charge is -2.18. The zero-order valence-corrected chi connectivity index (χ0v) is 10.2. The van der Waals surface area contributed by atoms with E-state index in [2.05, 4.69) is 25.7 Å². The van der Waals surface area contributed by atoms with Crippen molar-refractivity contribution in [1.82, 2.24) is 0 Å². The zero-order valence-electron chi connectivity index (χ0n) is 9.22. The molecule has 2 nitrogen and oxygen atoms in total. The van der Waals surface area contributed by atoms with Gasteiger partial charge in [0.05, 0.1) is 8.07 Å². The van der Waals surface area contributed by atoms with Gasteiger partial charge in [-0.3, -0.25) is 0 Å². The van der Waals surface area contributed by atoms with Crippen LogP contribution in [0.2, 0.25) is 19.6 Å². The van der Waals surface area contributed by atoms with Gasteiger partial charge >= 0.3 is 5.97 Å². The second-order valence-corrected chi connectivity index (χ2v) is 10.5. The lowest BCUT2D eigenvalue weighted by Crippen LogP contribution is -2.28. The monoisotopic (exact) mass is 210 g/mol. The van der Waals surface area contributed by atoms with Crippen molar-refractivity contribution in [1.29, 1.82) is 0 Å². The first-order chi connectivity index (χ1) is 6.43.